The second-order valence-electron chi connectivity index (χ2n) is 6.72. The number of hydrogen-bond acceptors (Lipinski definition) is 4. The molecule has 0 fully saturated rings. The lowest BCUT2D eigenvalue weighted by Gasteiger charge is -2.15. The molecule has 1 N–H and O–H groups in total. The molecule has 0 radical (unpaired) electrons. The molecule has 0 aliphatic rings. The largest absolute Gasteiger partial charge is 0.435 e. The second-order valence-corrected chi connectivity index (χ2v) is 7.13. The molecular formula is C18H12ClF6N5O3. The quantitative estimate of drug-likeness (QED) is 0.565. The normalized spacial score (nSPS) is 12.2. The Morgan fingerprint density at radius 2 is 1.67 bits per heavy atom. The molecule has 0 aliphatic carbocycles. The number of benzene rings is 1. The van der Waals surface area contributed by atoms with Gasteiger partial charge in [-0.15, -0.1) is 0 Å². The lowest BCUT2D eigenvalue weighted by atomic mass is 10.2. The van der Waals surface area contributed by atoms with Crippen LogP contribution in [0.5, 0.6) is 0 Å². The summed E-state index contributed by atoms with van der Waals surface area (Å²) < 4.78 is 79.8. The summed E-state index contributed by atoms with van der Waals surface area (Å²) in [5.74, 6) is -1.25. The average Bonchev–Trinajstić information content (AvgIpc) is 3.09. The third-order valence-electron chi connectivity index (χ3n) is 4.41. The predicted molar refractivity (Wildman–Crippen MR) is 103 cm³/mol. The van der Waals surface area contributed by atoms with E-state index in [2.05, 4.69) is 10.4 Å². The molecule has 1 amide bonds. The van der Waals surface area contributed by atoms with E-state index in [1.54, 1.807) is 0 Å². The summed E-state index contributed by atoms with van der Waals surface area (Å²) in [6.07, 6.45) is -9.07. The minimum Gasteiger partial charge on any atom is -0.320 e. The first kappa shape index (κ1) is 24.1. The Balaban J connectivity index is 2.07. The summed E-state index contributed by atoms with van der Waals surface area (Å²) in [4.78, 5) is 37.1. The summed E-state index contributed by atoms with van der Waals surface area (Å²) in [6.45, 7) is 0. The number of alkyl halides is 6. The first-order valence-electron chi connectivity index (χ1n) is 8.73. The van der Waals surface area contributed by atoms with Gasteiger partial charge in [-0.1, -0.05) is 11.6 Å². The van der Waals surface area contributed by atoms with Crippen LogP contribution in [0.3, 0.4) is 0 Å². The molecule has 33 heavy (non-hydrogen) atoms. The molecule has 3 rings (SSSR count). The monoisotopic (exact) mass is 495 g/mol. The highest BCUT2D eigenvalue weighted by Crippen LogP contribution is 2.32. The standard InChI is InChI=1S/C18H12ClF6N5O3/c1-28-7-9(14(27-28)18(23,24)25)15(32)26-11-5-8(3-4-10(11)19)30-13(31)6-12(17(20,21)22)29(2)16(30)33/h3-7H,1-2H3,(H,26,32). The number of amides is 1. The summed E-state index contributed by atoms with van der Waals surface area (Å²) in [5.41, 5.74) is -7.01. The van der Waals surface area contributed by atoms with Gasteiger partial charge in [-0.2, -0.15) is 31.4 Å². The Kier molecular flexibility index (Phi) is 5.91. The zero-order chi connectivity index (χ0) is 24.9. The highest BCUT2D eigenvalue weighted by molar-refractivity contribution is 6.34. The fraction of sp³-hybridized carbons (Fsp3) is 0.222. The maximum Gasteiger partial charge on any atom is 0.435 e. The van der Waals surface area contributed by atoms with E-state index in [4.69, 9.17) is 11.6 Å². The number of nitrogens with zero attached hydrogens (tertiary/aromatic N) is 4. The molecule has 1 aromatic carbocycles. The molecular weight excluding hydrogens is 484 g/mol. The van der Waals surface area contributed by atoms with E-state index < -0.39 is 46.5 Å². The third kappa shape index (κ3) is 4.65. The number of rotatable bonds is 3. The third-order valence-corrected chi connectivity index (χ3v) is 4.74. The van der Waals surface area contributed by atoms with Gasteiger partial charge >= 0.3 is 18.0 Å². The molecule has 0 saturated carbocycles. The van der Waals surface area contributed by atoms with Crippen LogP contribution in [0.1, 0.15) is 21.7 Å². The molecule has 15 heteroatoms. The molecule has 0 atom stereocenters. The van der Waals surface area contributed by atoms with Crippen molar-refractivity contribution in [3.05, 3.63) is 73.3 Å². The van der Waals surface area contributed by atoms with Crippen molar-refractivity contribution in [2.45, 2.75) is 12.4 Å². The van der Waals surface area contributed by atoms with Gasteiger partial charge in [0.25, 0.3) is 11.5 Å². The van der Waals surface area contributed by atoms with E-state index in [1.807, 2.05) is 0 Å². The van der Waals surface area contributed by atoms with Gasteiger partial charge in [0, 0.05) is 26.4 Å². The van der Waals surface area contributed by atoms with Gasteiger partial charge in [-0.05, 0) is 18.2 Å². The van der Waals surface area contributed by atoms with Crippen LogP contribution in [0.25, 0.3) is 5.69 Å². The lowest BCUT2D eigenvalue weighted by molar-refractivity contribution is -0.144. The van der Waals surface area contributed by atoms with Crippen LogP contribution in [0.2, 0.25) is 5.02 Å². The Labute approximate surface area is 184 Å². The summed E-state index contributed by atoms with van der Waals surface area (Å²) >= 11 is 5.97. The molecule has 8 nitrogen and oxygen atoms in total. The Bertz CT molecular complexity index is 1370. The van der Waals surface area contributed by atoms with E-state index in [-0.39, 0.29) is 27.0 Å². The SMILES string of the molecule is Cn1cc(C(=O)Nc2cc(-n3c(=O)cc(C(F)(F)F)n(C)c3=O)ccc2Cl)c(C(F)(F)F)n1. The predicted octanol–water partition coefficient (Wildman–Crippen LogP) is 3.21. The molecule has 0 saturated heterocycles. The average molecular weight is 496 g/mol. The number of hydrogen-bond donors (Lipinski definition) is 1. The maximum atomic E-state index is 13.1. The molecule has 2 heterocycles. The number of anilines is 1. The number of aryl methyl sites for hydroxylation is 1. The zero-order valence-corrected chi connectivity index (χ0v) is 17.3. The first-order valence-corrected chi connectivity index (χ1v) is 9.11. The van der Waals surface area contributed by atoms with Crippen molar-refractivity contribution in [3.63, 3.8) is 0 Å². The van der Waals surface area contributed by atoms with Crippen molar-refractivity contribution in [1.82, 2.24) is 18.9 Å². The van der Waals surface area contributed by atoms with Crippen molar-refractivity contribution in [2.24, 2.45) is 14.1 Å². The maximum absolute atomic E-state index is 13.1. The number of halogens is 7. The second kappa shape index (κ2) is 8.10. The number of carbonyl (C=O) groups is 1. The molecule has 0 bridgehead atoms. The molecule has 0 spiro atoms. The Morgan fingerprint density at radius 1 is 1.03 bits per heavy atom. The minimum atomic E-state index is -4.97. The summed E-state index contributed by atoms with van der Waals surface area (Å²) in [7, 11) is 1.98. The summed E-state index contributed by atoms with van der Waals surface area (Å²) in [5, 5.41) is 5.15. The summed E-state index contributed by atoms with van der Waals surface area (Å²) in [6, 6.07) is 3.38. The van der Waals surface area contributed by atoms with E-state index >= 15 is 0 Å². The highest BCUT2D eigenvalue weighted by Gasteiger charge is 2.39. The molecule has 3 aromatic rings. The van der Waals surface area contributed by atoms with E-state index in [1.165, 1.54) is 7.05 Å². The van der Waals surface area contributed by atoms with Crippen molar-refractivity contribution < 1.29 is 31.1 Å². The van der Waals surface area contributed by atoms with E-state index in [0.717, 1.165) is 36.1 Å². The lowest BCUT2D eigenvalue weighted by Crippen LogP contribution is -2.40. The van der Waals surface area contributed by atoms with Crippen LogP contribution in [-0.2, 0) is 26.4 Å². The van der Waals surface area contributed by atoms with Crippen molar-refractivity contribution in [3.8, 4) is 5.69 Å². The number of aromatic nitrogens is 4. The highest BCUT2D eigenvalue weighted by atomic mass is 35.5. The topological polar surface area (TPSA) is 90.9 Å². The fourth-order valence-electron chi connectivity index (χ4n) is 2.94. The minimum absolute atomic E-state index is 0.179. The Morgan fingerprint density at radius 3 is 2.24 bits per heavy atom. The Hall–Kier alpha value is -3.55. The van der Waals surface area contributed by atoms with Crippen LogP contribution in [-0.4, -0.2) is 24.8 Å². The first-order chi connectivity index (χ1) is 15.1. The van der Waals surface area contributed by atoms with Gasteiger partial charge in [0.05, 0.1) is 22.0 Å². The van der Waals surface area contributed by atoms with Crippen LogP contribution >= 0.6 is 11.6 Å². The molecule has 0 unspecified atom stereocenters. The number of carbonyl (C=O) groups excluding carboxylic acids is 1. The van der Waals surface area contributed by atoms with E-state index in [0.29, 0.717) is 4.57 Å². The van der Waals surface area contributed by atoms with Gasteiger partial charge in [0.1, 0.15) is 5.69 Å². The van der Waals surface area contributed by atoms with Crippen molar-refractivity contribution in [1.29, 1.82) is 0 Å². The molecule has 2 aromatic heterocycles. The molecule has 176 valence electrons. The smallest absolute Gasteiger partial charge is 0.320 e. The van der Waals surface area contributed by atoms with Gasteiger partial charge in [0.15, 0.2) is 5.69 Å². The van der Waals surface area contributed by atoms with Crippen LogP contribution in [0.15, 0.2) is 40.1 Å². The number of nitrogens with one attached hydrogen (secondary N) is 1. The molecule has 0 aliphatic heterocycles. The van der Waals surface area contributed by atoms with Gasteiger partial charge in [-0.25, -0.2) is 9.36 Å². The zero-order valence-electron chi connectivity index (χ0n) is 16.5. The van der Waals surface area contributed by atoms with Gasteiger partial charge < -0.3 is 5.32 Å². The van der Waals surface area contributed by atoms with Crippen LogP contribution in [0, 0.1) is 0 Å². The van der Waals surface area contributed by atoms with Gasteiger partial charge in [0.2, 0.25) is 0 Å². The fourth-order valence-corrected chi connectivity index (χ4v) is 3.10. The van der Waals surface area contributed by atoms with Crippen molar-refractivity contribution in [2.75, 3.05) is 5.32 Å². The van der Waals surface area contributed by atoms with E-state index in [9.17, 15) is 40.7 Å². The van der Waals surface area contributed by atoms with Crippen LogP contribution < -0.4 is 16.6 Å². The van der Waals surface area contributed by atoms with Crippen molar-refractivity contribution >= 4 is 23.2 Å². The van der Waals surface area contributed by atoms with Crippen LogP contribution in [0.4, 0.5) is 32.0 Å². The van der Waals surface area contributed by atoms with Gasteiger partial charge in [-0.3, -0.25) is 18.8 Å².